The molecular weight excluding hydrogens is 767 g/mol. The number of halogens is 2. The van der Waals surface area contributed by atoms with Crippen LogP contribution in [-0.4, -0.2) is 5.43 Å². The molecule has 2 unspecified atom stereocenters. The Kier molecular flexibility index (Phi) is 12.5. The third-order valence-corrected chi connectivity index (χ3v) is 27.0. The average Bonchev–Trinajstić information content (AvgIpc) is 3.77. The molecule has 6 aromatic carbocycles. The normalized spacial score (nSPS) is 16.2. The van der Waals surface area contributed by atoms with Gasteiger partial charge in [0, 0.05) is 0 Å². The molecule has 0 saturated heterocycles. The van der Waals surface area contributed by atoms with Crippen LogP contribution in [0.2, 0.25) is 13.1 Å². The van der Waals surface area contributed by atoms with E-state index in [2.05, 4.69) is 207 Å². The van der Waals surface area contributed by atoms with Crippen LogP contribution in [0.3, 0.4) is 0 Å². The fraction of sp³-hybridized carbons (Fsp3) is 0.0833. The van der Waals surface area contributed by atoms with E-state index in [-0.39, 0.29) is 36.6 Å². The Morgan fingerprint density at radius 3 is 0.923 bits per heavy atom. The minimum atomic E-state index is -2.78. The van der Waals surface area contributed by atoms with Gasteiger partial charge in [0.15, 0.2) is 0 Å². The van der Waals surface area contributed by atoms with Crippen molar-refractivity contribution >= 4 is 27.7 Å². The summed E-state index contributed by atoms with van der Waals surface area (Å²) in [6.45, 7) is 5.24. The predicted octanol–water partition coefficient (Wildman–Crippen LogP) is 6.45. The first-order chi connectivity index (χ1) is 24.7. The molecule has 254 valence electrons. The summed E-state index contributed by atoms with van der Waals surface area (Å²) < 4.78 is 3.46. The second-order valence-corrected chi connectivity index (χ2v) is 30.2. The molecule has 8 rings (SSSR count). The van der Waals surface area contributed by atoms with Gasteiger partial charge in [-0.3, -0.25) is 0 Å². The molecule has 0 radical (unpaired) electrons. The Bertz CT molecular complexity index is 2130. The summed E-state index contributed by atoms with van der Waals surface area (Å²) in [6, 6.07) is 67.5. The number of allylic oxidation sites excluding steroid dienone is 8. The van der Waals surface area contributed by atoms with Crippen molar-refractivity contribution in [2.45, 2.75) is 24.9 Å². The topological polar surface area (TPSA) is 0 Å². The molecular formula is C48H40Cl2SiZr. The van der Waals surface area contributed by atoms with E-state index in [0.29, 0.717) is 0 Å². The zero-order chi connectivity index (χ0) is 33.9. The van der Waals surface area contributed by atoms with E-state index in [9.17, 15) is 0 Å². The van der Waals surface area contributed by atoms with Crippen LogP contribution in [0.25, 0.3) is 22.3 Å². The van der Waals surface area contributed by atoms with Gasteiger partial charge in [0.05, 0.1) is 0 Å². The van der Waals surface area contributed by atoms with Gasteiger partial charge in [0.25, 0.3) is 0 Å². The van der Waals surface area contributed by atoms with Crippen molar-refractivity contribution in [1.82, 2.24) is 0 Å². The Morgan fingerprint density at radius 2 is 0.635 bits per heavy atom. The summed E-state index contributed by atoms with van der Waals surface area (Å²) in [5.74, 6) is 0.468. The number of rotatable bonds is 8. The molecule has 2 aliphatic carbocycles. The Balaban J connectivity index is 0.00000232. The van der Waals surface area contributed by atoms with Gasteiger partial charge in [-0.1, -0.05) is 0 Å². The summed E-state index contributed by atoms with van der Waals surface area (Å²) in [5, 5.41) is 0. The Morgan fingerprint density at radius 1 is 0.365 bits per heavy atom. The summed E-state index contributed by atoms with van der Waals surface area (Å²) in [5.41, 5.74) is 13.0. The van der Waals surface area contributed by atoms with E-state index in [4.69, 9.17) is 0 Å². The summed E-state index contributed by atoms with van der Waals surface area (Å²) in [6.07, 6.45) is 5.24. The molecule has 2 aliphatic rings. The summed E-state index contributed by atoms with van der Waals surface area (Å²) in [4.78, 5) is 0. The molecule has 6 aromatic rings. The zero-order valence-electron chi connectivity index (χ0n) is 29.4. The minimum absolute atomic E-state index is 0. The molecule has 0 fully saturated rings. The fourth-order valence-corrected chi connectivity index (χ4v) is 26.3. The molecule has 0 heterocycles. The maximum atomic E-state index is 2.62. The molecule has 0 saturated carbocycles. The van der Waals surface area contributed by atoms with Crippen LogP contribution >= 0.6 is 0 Å². The molecule has 0 spiro atoms. The van der Waals surface area contributed by atoms with Gasteiger partial charge in [0.2, 0.25) is 0 Å². The van der Waals surface area contributed by atoms with Gasteiger partial charge in [-0.05, 0) is 0 Å². The van der Waals surface area contributed by atoms with Crippen molar-refractivity contribution in [2.75, 3.05) is 0 Å². The van der Waals surface area contributed by atoms with E-state index in [0.717, 1.165) is 0 Å². The van der Waals surface area contributed by atoms with Crippen LogP contribution in [0, 0.1) is 0 Å². The van der Waals surface area contributed by atoms with E-state index in [1.165, 1.54) is 55.7 Å². The summed E-state index contributed by atoms with van der Waals surface area (Å²) >= 11 is -2.78. The first-order valence-corrected chi connectivity index (χ1v) is 26.3. The first kappa shape index (κ1) is 37.7. The van der Waals surface area contributed by atoms with Crippen LogP contribution < -0.4 is 24.8 Å². The van der Waals surface area contributed by atoms with Crippen molar-refractivity contribution < 1.29 is 45.2 Å². The monoisotopic (exact) mass is 804 g/mol. The number of hydrogen-bond acceptors (Lipinski definition) is 0. The quantitative estimate of drug-likeness (QED) is 0.155. The molecule has 52 heavy (non-hydrogen) atoms. The van der Waals surface area contributed by atoms with Gasteiger partial charge in [0.1, 0.15) is 0 Å². The van der Waals surface area contributed by atoms with E-state index >= 15 is 0 Å². The largest absolute Gasteiger partial charge is 1.00 e. The second kappa shape index (κ2) is 17.2. The molecule has 0 N–H and O–H groups in total. The minimum Gasteiger partial charge on any atom is -1.00 e. The first-order valence-electron chi connectivity index (χ1n) is 17.6. The van der Waals surface area contributed by atoms with Gasteiger partial charge in [-0.15, -0.1) is 0 Å². The van der Waals surface area contributed by atoms with Crippen LogP contribution in [0.15, 0.2) is 201 Å². The molecule has 0 bridgehead atoms. The van der Waals surface area contributed by atoms with Crippen LogP contribution in [-0.2, 0) is 20.4 Å². The van der Waals surface area contributed by atoms with Gasteiger partial charge < -0.3 is 24.8 Å². The molecule has 0 amide bonds. The van der Waals surface area contributed by atoms with E-state index in [1.54, 1.807) is 6.56 Å². The molecule has 2 atom stereocenters. The third kappa shape index (κ3) is 7.41. The SMILES string of the molecule is C[Si](C)=[Zr+2]([C]1=C(c2ccccc2)C(c2ccccc2)=CC1c1ccccc1)[C]1=C(c2ccccc2)C(c2ccccc2)=CC1c1ccccc1.[Cl-].[Cl-]. The van der Waals surface area contributed by atoms with Crippen molar-refractivity contribution in [3.05, 3.63) is 234 Å². The van der Waals surface area contributed by atoms with Crippen LogP contribution in [0.5, 0.6) is 0 Å². The van der Waals surface area contributed by atoms with E-state index in [1.807, 2.05) is 0 Å². The summed E-state index contributed by atoms with van der Waals surface area (Å²) in [7, 11) is 0. The van der Waals surface area contributed by atoms with E-state index < -0.39 is 25.8 Å². The second-order valence-electron chi connectivity index (χ2n) is 13.4. The van der Waals surface area contributed by atoms with Gasteiger partial charge in [-0.2, -0.15) is 0 Å². The predicted molar refractivity (Wildman–Crippen MR) is 211 cm³/mol. The van der Waals surface area contributed by atoms with Gasteiger partial charge >= 0.3 is 307 Å². The smallest absolute Gasteiger partial charge is 1.00 e. The van der Waals surface area contributed by atoms with Crippen LogP contribution in [0.4, 0.5) is 0 Å². The van der Waals surface area contributed by atoms with Crippen molar-refractivity contribution in [3.8, 4) is 0 Å². The fourth-order valence-electron chi connectivity index (χ4n) is 7.91. The zero-order valence-corrected chi connectivity index (χ0v) is 34.4. The molecule has 0 aromatic heterocycles. The number of hydrogen-bond donors (Lipinski definition) is 0. The third-order valence-electron chi connectivity index (χ3n) is 10.0. The standard InChI is InChI=1S/2C23H17.C2H6Si.2ClH.Zr/c2*1-4-10-18(11-5-1)21-16-22(19-12-6-2-7-13-19)23(17-21)20-14-8-3-9-15-20;1-3-2;;;/h2*1-16,21H;1-2H3;2*1H;/q;;;;;+2/p-2. The average molecular weight is 807 g/mol. The maximum Gasteiger partial charge on any atom is -1.00 e. The maximum absolute atomic E-state index is 2.78. The van der Waals surface area contributed by atoms with Crippen molar-refractivity contribution in [2.24, 2.45) is 0 Å². The van der Waals surface area contributed by atoms with Crippen molar-refractivity contribution in [1.29, 1.82) is 0 Å². The Labute approximate surface area is 329 Å². The van der Waals surface area contributed by atoms with Gasteiger partial charge in [-0.25, -0.2) is 0 Å². The Hall–Kier alpha value is -4.04. The molecule has 0 nitrogen and oxygen atoms in total. The molecule has 4 heteroatoms. The molecule has 0 aliphatic heterocycles. The van der Waals surface area contributed by atoms with Crippen molar-refractivity contribution in [3.63, 3.8) is 0 Å². The van der Waals surface area contributed by atoms with Crippen LogP contribution in [0.1, 0.15) is 45.2 Å². The number of benzene rings is 6.